The Morgan fingerprint density at radius 2 is 1.42 bits per heavy atom. The largest absolute Gasteiger partial charge is 0.459 e. The normalized spacial score (nSPS) is 18.3. The lowest BCUT2D eigenvalue weighted by Gasteiger charge is -2.37. The molecular weight excluding hydrogens is 548 g/mol. The number of benzene rings is 3. The summed E-state index contributed by atoms with van der Waals surface area (Å²) in [7, 11) is 0. The fourth-order valence-electron chi connectivity index (χ4n) is 5.43. The number of aryl methyl sites for hydroxylation is 1. The molecule has 0 saturated carbocycles. The average molecular weight is 583 g/mol. The fourth-order valence-corrected chi connectivity index (χ4v) is 5.43. The van der Waals surface area contributed by atoms with Crippen molar-refractivity contribution in [3.63, 3.8) is 0 Å². The molecule has 1 aromatic heterocycles. The van der Waals surface area contributed by atoms with E-state index < -0.39 is 41.3 Å². The van der Waals surface area contributed by atoms with Crippen LogP contribution in [0.2, 0.25) is 0 Å². The number of rotatable bonds is 11. The summed E-state index contributed by atoms with van der Waals surface area (Å²) in [5, 5.41) is 0. The van der Waals surface area contributed by atoms with Crippen molar-refractivity contribution in [1.82, 2.24) is 9.55 Å². The lowest BCUT2D eigenvalue weighted by molar-refractivity contribution is -0.156. The van der Waals surface area contributed by atoms with E-state index in [2.05, 4.69) is 4.98 Å². The number of carbonyl (C=O) groups excluding carboxylic acids is 2. The molecule has 9 heteroatoms. The van der Waals surface area contributed by atoms with E-state index in [0.717, 1.165) is 16.7 Å². The zero-order chi connectivity index (χ0) is 30.4. The van der Waals surface area contributed by atoms with E-state index in [1.165, 1.54) is 17.7 Å². The number of nitrogens with zero attached hydrogens (tertiary/aromatic N) is 1. The van der Waals surface area contributed by atoms with Crippen LogP contribution >= 0.6 is 0 Å². The highest BCUT2D eigenvalue weighted by atomic mass is 16.6. The number of nitrogens with one attached hydrogen (secondary N) is 1. The standard InChI is InChI=1S/C34H34N2O7/c1-23-21-36(33(40)35-32(23)39)30-20-28(43-31(38)19-18-24(2)37)29(42-30)22-41-34(25-12-6-3-7-13-25,26-14-8-4-9-15-26)27-16-10-5-11-17-27/h3-17,21,28-30H,18-20,22H2,1-2H3,(H,35,39,40)/t28-,29+,30+/m0/s1. The Labute approximate surface area is 249 Å². The second-order valence-electron chi connectivity index (χ2n) is 10.7. The summed E-state index contributed by atoms with van der Waals surface area (Å²) in [5.74, 6) is -0.661. The zero-order valence-electron chi connectivity index (χ0n) is 24.1. The Hall–Kier alpha value is -4.60. The van der Waals surface area contributed by atoms with Crippen molar-refractivity contribution >= 4 is 11.8 Å². The quantitative estimate of drug-likeness (QED) is 0.206. The average Bonchev–Trinajstić information content (AvgIpc) is 3.41. The first-order valence-corrected chi connectivity index (χ1v) is 14.2. The molecule has 4 aromatic rings. The van der Waals surface area contributed by atoms with Gasteiger partial charge in [-0.25, -0.2) is 4.79 Å². The predicted octanol–water partition coefficient (Wildman–Crippen LogP) is 4.42. The topological polar surface area (TPSA) is 117 Å². The number of hydrogen-bond donors (Lipinski definition) is 1. The molecule has 5 rings (SSSR count). The van der Waals surface area contributed by atoms with Gasteiger partial charge in [0.05, 0.1) is 13.0 Å². The van der Waals surface area contributed by atoms with Crippen LogP contribution in [0.25, 0.3) is 0 Å². The summed E-state index contributed by atoms with van der Waals surface area (Å²) in [6, 6.07) is 29.5. The smallest absolute Gasteiger partial charge is 0.330 e. The molecule has 3 aromatic carbocycles. The summed E-state index contributed by atoms with van der Waals surface area (Å²) in [6.45, 7) is 3.01. The van der Waals surface area contributed by atoms with Crippen LogP contribution in [-0.2, 0) is 29.4 Å². The van der Waals surface area contributed by atoms with Gasteiger partial charge in [-0.3, -0.25) is 19.1 Å². The number of ether oxygens (including phenoxy) is 3. The third kappa shape index (κ3) is 6.58. The first-order valence-electron chi connectivity index (χ1n) is 14.2. The lowest BCUT2D eigenvalue weighted by atomic mass is 9.80. The summed E-state index contributed by atoms with van der Waals surface area (Å²) in [4.78, 5) is 51.2. The van der Waals surface area contributed by atoms with Gasteiger partial charge in [-0.1, -0.05) is 91.0 Å². The first kappa shape index (κ1) is 29.9. The number of esters is 1. The monoisotopic (exact) mass is 582 g/mol. The summed E-state index contributed by atoms with van der Waals surface area (Å²) in [5.41, 5.74) is 0.869. The Morgan fingerprint density at radius 1 is 0.884 bits per heavy atom. The molecule has 3 atom stereocenters. The summed E-state index contributed by atoms with van der Waals surface area (Å²) in [6.07, 6.45) is -0.767. The molecule has 1 N–H and O–H groups in total. The second-order valence-corrected chi connectivity index (χ2v) is 10.7. The molecule has 0 radical (unpaired) electrons. The maximum absolute atomic E-state index is 12.7. The van der Waals surface area contributed by atoms with Crippen molar-refractivity contribution in [2.45, 2.75) is 57.1 Å². The van der Waals surface area contributed by atoms with Crippen LogP contribution in [0.4, 0.5) is 0 Å². The van der Waals surface area contributed by atoms with Gasteiger partial charge < -0.3 is 19.0 Å². The van der Waals surface area contributed by atoms with Gasteiger partial charge in [-0.15, -0.1) is 0 Å². The number of hydrogen-bond acceptors (Lipinski definition) is 7. The third-order valence-corrected chi connectivity index (χ3v) is 7.61. The van der Waals surface area contributed by atoms with E-state index in [1.807, 2.05) is 91.0 Å². The van der Waals surface area contributed by atoms with Gasteiger partial charge in [0.15, 0.2) is 0 Å². The number of carbonyl (C=O) groups is 2. The molecule has 0 aliphatic carbocycles. The van der Waals surface area contributed by atoms with E-state index >= 15 is 0 Å². The first-order chi connectivity index (χ1) is 20.8. The van der Waals surface area contributed by atoms with E-state index in [-0.39, 0.29) is 31.7 Å². The molecule has 0 bridgehead atoms. The molecule has 0 amide bonds. The second kappa shape index (κ2) is 13.1. The minimum Gasteiger partial charge on any atom is -0.459 e. The van der Waals surface area contributed by atoms with Gasteiger partial charge in [0, 0.05) is 24.6 Å². The number of ketones is 1. The van der Waals surface area contributed by atoms with Crippen molar-refractivity contribution in [3.05, 3.63) is 140 Å². The Kier molecular flexibility index (Phi) is 9.13. The molecule has 43 heavy (non-hydrogen) atoms. The molecule has 9 nitrogen and oxygen atoms in total. The highest BCUT2D eigenvalue weighted by Crippen LogP contribution is 2.42. The molecule has 1 aliphatic heterocycles. The molecule has 1 saturated heterocycles. The van der Waals surface area contributed by atoms with Crippen molar-refractivity contribution < 1.29 is 23.8 Å². The molecule has 0 spiro atoms. The summed E-state index contributed by atoms with van der Waals surface area (Å²) >= 11 is 0. The molecular formula is C34H34N2O7. The predicted molar refractivity (Wildman–Crippen MR) is 160 cm³/mol. The number of Topliss-reactive ketones (excluding diaryl/α,β-unsaturated/α-hetero) is 1. The minimum atomic E-state index is -1.04. The Morgan fingerprint density at radius 3 is 1.93 bits per heavy atom. The van der Waals surface area contributed by atoms with Gasteiger partial charge in [0.2, 0.25) is 0 Å². The Balaban J connectivity index is 1.52. The molecule has 0 unspecified atom stereocenters. The molecule has 2 heterocycles. The number of H-pyrrole nitrogens is 1. The van der Waals surface area contributed by atoms with Crippen LogP contribution < -0.4 is 11.2 Å². The van der Waals surface area contributed by atoms with E-state index in [9.17, 15) is 19.2 Å². The van der Waals surface area contributed by atoms with Gasteiger partial charge in [0.25, 0.3) is 5.56 Å². The van der Waals surface area contributed by atoms with Gasteiger partial charge >= 0.3 is 11.7 Å². The van der Waals surface area contributed by atoms with E-state index in [1.54, 1.807) is 6.92 Å². The van der Waals surface area contributed by atoms with Crippen LogP contribution in [0.15, 0.2) is 107 Å². The SMILES string of the molecule is CC(=O)CCC(=O)O[C@H]1C[C@H](n2cc(C)c(=O)[nH]c2=O)O[C@@H]1COC(c1ccccc1)(c1ccccc1)c1ccccc1. The highest BCUT2D eigenvalue weighted by Gasteiger charge is 2.43. The number of aromatic amines is 1. The lowest BCUT2D eigenvalue weighted by Crippen LogP contribution is -2.39. The highest BCUT2D eigenvalue weighted by molar-refractivity contribution is 5.81. The maximum atomic E-state index is 12.7. The van der Waals surface area contributed by atoms with E-state index in [0.29, 0.717) is 5.56 Å². The number of aromatic nitrogens is 2. The van der Waals surface area contributed by atoms with Gasteiger partial charge in [-0.05, 0) is 30.5 Å². The van der Waals surface area contributed by atoms with Crippen molar-refractivity contribution in [2.75, 3.05) is 6.61 Å². The van der Waals surface area contributed by atoms with Crippen LogP contribution in [-0.4, -0.2) is 40.1 Å². The summed E-state index contributed by atoms with van der Waals surface area (Å²) < 4.78 is 20.4. The van der Waals surface area contributed by atoms with E-state index in [4.69, 9.17) is 14.2 Å². The van der Waals surface area contributed by atoms with Crippen LogP contribution in [0.3, 0.4) is 0 Å². The maximum Gasteiger partial charge on any atom is 0.330 e. The Bertz CT molecular complexity index is 1570. The van der Waals surface area contributed by atoms with Crippen molar-refractivity contribution in [2.24, 2.45) is 0 Å². The third-order valence-electron chi connectivity index (χ3n) is 7.61. The molecule has 1 aliphatic rings. The fraction of sp³-hybridized carbons (Fsp3) is 0.294. The zero-order valence-corrected chi connectivity index (χ0v) is 24.1. The molecule has 222 valence electrons. The van der Waals surface area contributed by atoms with Gasteiger partial charge in [0.1, 0.15) is 29.8 Å². The van der Waals surface area contributed by atoms with Crippen molar-refractivity contribution in [3.8, 4) is 0 Å². The van der Waals surface area contributed by atoms with Crippen molar-refractivity contribution in [1.29, 1.82) is 0 Å². The van der Waals surface area contributed by atoms with Gasteiger partial charge in [-0.2, -0.15) is 0 Å². The van der Waals surface area contributed by atoms with Crippen LogP contribution in [0, 0.1) is 6.92 Å². The molecule has 1 fully saturated rings. The van der Waals surface area contributed by atoms with Crippen LogP contribution in [0.5, 0.6) is 0 Å². The van der Waals surface area contributed by atoms with Crippen LogP contribution in [0.1, 0.15) is 54.7 Å². The minimum absolute atomic E-state index is 0.00305.